The lowest BCUT2D eigenvalue weighted by atomic mass is 9.81. The SMILES string of the molecule is O=C1CCCC(=O)C1C(=O)c1ccc(Cl)cc1[N+](=O)[O-]. The van der Waals surface area contributed by atoms with E-state index >= 15 is 0 Å². The van der Waals surface area contributed by atoms with Gasteiger partial charge in [0.25, 0.3) is 5.69 Å². The first-order valence-corrected chi connectivity index (χ1v) is 6.33. The molecule has 1 aromatic carbocycles. The highest BCUT2D eigenvalue weighted by Gasteiger charge is 2.38. The second-order valence-corrected chi connectivity index (χ2v) is 4.94. The van der Waals surface area contributed by atoms with Crippen LogP contribution in [0.4, 0.5) is 5.69 Å². The number of Topliss-reactive ketones (excluding diaryl/α,β-unsaturated/α-hetero) is 3. The van der Waals surface area contributed by atoms with Crippen LogP contribution in [-0.4, -0.2) is 22.3 Å². The molecule has 0 N–H and O–H groups in total. The fourth-order valence-corrected chi connectivity index (χ4v) is 2.38. The van der Waals surface area contributed by atoms with Crippen molar-refractivity contribution in [1.82, 2.24) is 0 Å². The first-order chi connectivity index (χ1) is 9.41. The minimum Gasteiger partial charge on any atom is -0.298 e. The normalized spacial score (nSPS) is 16.2. The van der Waals surface area contributed by atoms with Gasteiger partial charge in [-0.05, 0) is 18.6 Å². The molecule has 1 aliphatic carbocycles. The summed E-state index contributed by atoms with van der Waals surface area (Å²) in [5, 5.41) is 11.1. The zero-order chi connectivity index (χ0) is 14.9. The molecule has 6 nitrogen and oxygen atoms in total. The summed E-state index contributed by atoms with van der Waals surface area (Å²) in [6.07, 6.45) is 0.706. The molecule has 0 aromatic heterocycles. The molecule has 0 spiro atoms. The molecule has 1 aromatic rings. The Morgan fingerprint density at radius 1 is 1.25 bits per heavy atom. The van der Waals surface area contributed by atoms with Crippen molar-refractivity contribution < 1.29 is 19.3 Å². The molecule has 1 fully saturated rings. The van der Waals surface area contributed by atoms with Gasteiger partial charge in [0.2, 0.25) is 0 Å². The van der Waals surface area contributed by atoms with Gasteiger partial charge >= 0.3 is 0 Å². The summed E-state index contributed by atoms with van der Waals surface area (Å²) < 4.78 is 0. The number of rotatable bonds is 3. The van der Waals surface area contributed by atoms with Crippen LogP contribution in [-0.2, 0) is 9.59 Å². The van der Waals surface area contributed by atoms with E-state index in [4.69, 9.17) is 11.6 Å². The molecular formula is C13H10ClNO5. The van der Waals surface area contributed by atoms with Crippen molar-refractivity contribution in [3.05, 3.63) is 38.9 Å². The van der Waals surface area contributed by atoms with E-state index in [1.54, 1.807) is 0 Å². The standard InChI is InChI=1S/C13H10ClNO5/c14-7-4-5-8(9(6-7)15(19)20)13(18)12-10(16)2-1-3-11(12)17/h4-6,12H,1-3H2. The van der Waals surface area contributed by atoms with E-state index in [1.165, 1.54) is 12.1 Å². The Morgan fingerprint density at radius 3 is 2.40 bits per heavy atom. The highest BCUT2D eigenvalue weighted by molar-refractivity contribution is 6.31. The number of ketones is 3. The van der Waals surface area contributed by atoms with Crippen molar-refractivity contribution in [1.29, 1.82) is 0 Å². The minimum absolute atomic E-state index is 0.106. The van der Waals surface area contributed by atoms with E-state index in [9.17, 15) is 24.5 Å². The third-order valence-electron chi connectivity index (χ3n) is 3.17. The van der Waals surface area contributed by atoms with E-state index in [-0.39, 0.29) is 23.4 Å². The zero-order valence-corrected chi connectivity index (χ0v) is 11.1. The summed E-state index contributed by atoms with van der Waals surface area (Å²) in [5.41, 5.74) is -0.748. The first kappa shape index (κ1) is 14.3. The van der Waals surface area contributed by atoms with Gasteiger partial charge < -0.3 is 0 Å². The summed E-state index contributed by atoms with van der Waals surface area (Å²) in [6, 6.07) is 3.53. The number of carbonyl (C=O) groups is 3. The number of hydrogen-bond acceptors (Lipinski definition) is 5. The second kappa shape index (κ2) is 5.50. The van der Waals surface area contributed by atoms with Crippen LogP contribution in [0.1, 0.15) is 29.6 Å². The Kier molecular flexibility index (Phi) is 3.94. The minimum atomic E-state index is -1.41. The largest absolute Gasteiger partial charge is 0.298 e. The van der Waals surface area contributed by atoms with Crippen molar-refractivity contribution >= 4 is 34.6 Å². The Hall–Kier alpha value is -2.08. The smallest absolute Gasteiger partial charge is 0.281 e. The highest BCUT2D eigenvalue weighted by Crippen LogP contribution is 2.28. The summed E-state index contributed by atoms with van der Waals surface area (Å²) in [5.74, 6) is -3.18. The quantitative estimate of drug-likeness (QED) is 0.369. The molecule has 20 heavy (non-hydrogen) atoms. The summed E-state index contributed by atoms with van der Waals surface area (Å²) in [7, 11) is 0. The van der Waals surface area contributed by atoms with Crippen LogP contribution in [0.2, 0.25) is 5.02 Å². The Labute approximate surface area is 118 Å². The molecule has 0 aliphatic heterocycles. The molecule has 2 rings (SSSR count). The Balaban J connectivity index is 2.45. The first-order valence-electron chi connectivity index (χ1n) is 5.95. The van der Waals surface area contributed by atoms with Gasteiger partial charge in [-0.25, -0.2) is 0 Å². The van der Waals surface area contributed by atoms with Crippen LogP contribution in [0.3, 0.4) is 0 Å². The number of nitrogens with zero attached hydrogens (tertiary/aromatic N) is 1. The van der Waals surface area contributed by atoms with E-state index in [2.05, 4.69) is 0 Å². The molecule has 0 amide bonds. The number of halogens is 1. The van der Waals surface area contributed by atoms with Crippen molar-refractivity contribution in [2.75, 3.05) is 0 Å². The molecular weight excluding hydrogens is 286 g/mol. The lowest BCUT2D eigenvalue weighted by Crippen LogP contribution is -2.35. The Bertz CT molecular complexity index is 609. The Morgan fingerprint density at radius 2 is 1.85 bits per heavy atom. The van der Waals surface area contributed by atoms with Crippen molar-refractivity contribution in [2.45, 2.75) is 19.3 Å². The van der Waals surface area contributed by atoms with Crippen LogP contribution in [0.15, 0.2) is 18.2 Å². The van der Waals surface area contributed by atoms with Gasteiger partial charge in [0.05, 0.1) is 10.5 Å². The zero-order valence-electron chi connectivity index (χ0n) is 10.3. The molecule has 0 radical (unpaired) electrons. The number of hydrogen-bond donors (Lipinski definition) is 0. The summed E-state index contributed by atoms with van der Waals surface area (Å²) >= 11 is 5.66. The maximum Gasteiger partial charge on any atom is 0.281 e. The number of nitro benzene ring substituents is 1. The van der Waals surface area contributed by atoms with Gasteiger partial charge in [0, 0.05) is 23.9 Å². The molecule has 1 saturated carbocycles. The van der Waals surface area contributed by atoms with Crippen LogP contribution in [0, 0.1) is 16.0 Å². The molecule has 0 saturated heterocycles. The van der Waals surface area contributed by atoms with Gasteiger partial charge in [0.15, 0.2) is 17.3 Å². The fourth-order valence-electron chi connectivity index (χ4n) is 2.22. The molecule has 104 valence electrons. The van der Waals surface area contributed by atoms with E-state index < -0.39 is 33.9 Å². The van der Waals surface area contributed by atoms with Crippen LogP contribution in [0.5, 0.6) is 0 Å². The summed E-state index contributed by atoms with van der Waals surface area (Å²) in [4.78, 5) is 45.9. The number of benzene rings is 1. The monoisotopic (exact) mass is 295 g/mol. The van der Waals surface area contributed by atoms with Crippen molar-refractivity contribution in [3.63, 3.8) is 0 Å². The van der Waals surface area contributed by atoms with Gasteiger partial charge in [0.1, 0.15) is 5.92 Å². The maximum absolute atomic E-state index is 12.3. The topological polar surface area (TPSA) is 94.3 Å². The molecule has 0 atom stereocenters. The average Bonchev–Trinajstić information content (AvgIpc) is 2.38. The number of carbonyl (C=O) groups excluding carboxylic acids is 3. The second-order valence-electron chi connectivity index (χ2n) is 4.50. The van der Waals surface area contributed by atoms with Crippen LogP contribution < -0.4 is 0 Å². The average molecular weight is 296 g/mol. The highest BCUT2D eigenvalue weighted by atomic mass is 35.5. The number of nitro groups is 1. The fraction of sp³-hybridized carbons (Fsp3) is 0.308. The lowest BCUT2D eigenvalue weighted by molar-refractivity contribution is -0.385. The van der Waals surface area contributed by atoms with Crippen molar-refractivity contribution in [3.8, 4) is 0 Å². The van der Waals surface area contributed by atoms with Crippen LogP contribution in [0.25, 0.3) is 0 Å². The van der Waals surface area contributed by atoms with E-state index in [1.807, 2.05) is 0 Å². The summed E-state index contributed by atoms with van der Waals surface area (Å²) in [6.45, 7) is 0. The van der Waals surface area contributed by atoms with Gasteiger partial charge in [-0.2, -0.15) is 0 Å². The lowest BCUT2D eigenvalue weighted by Gasteiger charge is -2.18. The predicted molar refractivity (Wildman–Crippen MR) is 69.8 cm³/mol. The molecule has 0 bridgehead atoms. The third kappa shape index (κ3) is 2.60. The van der Waals surface area contributed by atoms with Crippen LogP contribution >= 0.6 is 11.6 Å². The predicted octanol–water partition coefficient (Wildman–Crippen LogP) is 2.37. The third-order valence-corrected chi connectivity index (χ3v) is 3.41. The molecule has 1 aliphatic rings. The van der Waals surface area contributed by atoms with E-state index in [0.717, 1.165) is 6.07 Å². The van der Waals surface area contributed by atoms with Gasteiger partial charge in [-0.3, -0.25) is 24.5 Å². The molecule has 7 heteroatoms. The van der Waals surface area contributed by atoms with Crippen molar-refractivity contribution in [2.24, 2.45) is 5.92 Å². The van der Waals surface area contributed by atoms with Gasteiger partial charge in [-0.15, -0.1) is 0 Å². The molecule has 0 unspecified atom stereocenters. The van der Waals surface area contributed by atoms with Gasteiger partial charge in [-0.1, -0.05) is 11.6 Å². The maximum atomic E-state index is 12.3. The van der Waals surface area contributed by atoms with E-state index in [0.29, 0.717) is 6.42 Å². The molecule has 0 heterocycles.